The first-order valence-corrected chi connectivity index (χ1v) is 11.6. The van der Waals surface area contributed by atoms with Gasteiger partial charge in [-0.15, -0.1) is 11.8 Å². The number of carbonyl (C=O) groups excluding carboxylic acids is 2. The first-order chi connectivity index (χ1) is 15.0. The van der Waals surface area contributed by atoms with E-state index in [-0.39, 0.29) is 29.9 Å². The second-order valence-electron chi connectivity index (χ2n) is 7.27. The maximum Gasteiger partial charge on any atom is 0.242 e. The van der Waals surface area contributed by atoms with Crippen LogP contribution in [0.2, 0.25) is 0 Å². The molecule has 168 valence electrons. The number of hydrogen-bond acceptors (Lipinski definition) is 4. The maximum atomic E-state index is 14.2. The van der Waals surface area contributed by atoms with Crippen LogP contribution in [0, 0.1) is 5.82 Å². The van der Waals surface area contributed by atoms with Crippen LogP contribution in [0.3, 0.4) is 0 Å². The van der Waals surface area contributed by atoms with E-state index in [1.54, 1.807) is 32.2 Å². The fourth-order valence-corrected chi connectivity index (χ4v) is 3.86. The van der Waals surface area contributed by atoms with Crippen molar-refractivity contribution < 1.29 is 18.7 Å². The molecule has 0 aromatic heterocycles. The predicted octanol–water partition coefficient (Wildman–Crippen LogP) is 4.40. The molecule has 0 aliphatic heterocycles. The van der Waals surface area contributed by atoms with Gasteiger partial charge in [-0.05, 0) is 37.1 Å². The van der Waals surface area contributed by atoms with Gasteiger partial charge < -0.3 is 15.0 Å². The smallest absolute Gasteiger partial charge is 0.242 e. The summed E-state index contributed by atoms with van der Waals surface area (Å²) >= 11 is 1.46. The van der Waals surface area contributed by atoms with Gasteiger partial charge in [0.25, 0.3) is 0 Å². The van der Waals surface area contributed by atoms with E-state index < -0.39 is 6.04 Å². The van der Waals surface area contributed by atoms with Crippen molar-refractivity contribution in [2.75, 3.05) is 19.4 Å². The molecule has 0 saturated heterocycles. The average molecular weight is 447 g/mol. The molecule has 2 amide bonds. The van der Waals surface area contributed by atoms with Gasteiger partial charge >= 0.3 is 0 Å². The average Bonchev–Trinajstić information content (AvgIpc) is 2.78. The molecule has 2 aromatic rings. The van der Waals surface area contributed by atoms with Gasteiger partial charge in [0.05, 0.1) is 12.9 Å². The van der Waals surface area contributed by atoms with Crippen LogP contribution in [0.25, 0.3) is 0 Å². The monoisotopic (exact) mass is 446 g/mol. The largest absolute Gasteiger partial charge is 0.497 e. The minimum Gasteiger partial charge on any atom is -0.497 e. The normalized spacial score (nSPS) is 11.6. The van der Waals surface area contributed by atoms with Gasteiger partial charge in [-0.3, -0.25) is 9.59 Å². The highest BCUT2D eigenvalue weighted by molar-refractivity contribution is 7.99. The number of nitrogens with one attached hydrogen (secondary N) is 1. The minimum atomic E-state index is -0.689. The topological polar surface area (TPSA) is 58.6 Å². The molecule has 0 saturated carbocycles. The van der Waals surface area contributed by atoms with Crippen molar-refractivity contribution in [1.82, 2.24) is 10.2 Å². The van der Waals surface area contributed by atoms with Gasteiger partial charge in [-0.25, -0.2) is 4.39 Å². The molecule has 0 aliphatic rings. The third kappa shape index (κ3) is 7.90. The number of methoxy groups -OCH3 is 1. The van der Waals surface area contributed by atoms with E-state index in [1.807, 2.05) is 31.2 Å². The Bertz CT molecular complexity index is 845. The number of amides is 2. The lowest BCUT2D eigenvalue weighted by Gasteiger charge is -2.29. The van der Waals surface area contributed by atoms with Crippen molar-refractivity contribution >= 4 is 23.6 Å². The molecule has 0 radical (unpaired) electrons. The van der Waals surface area contributed by atoms with Gasteiger partial charge in [0.1, 0.15) is 17.6 Å². The molecule has 2 aromatic carbocycles. The molecule has 1 N–H and O–H groups in total. The number of thioether (sulfide) groups is 1. The molecule has 0 spiro atoms. The summed E-state index contributed by atoms with van der Waals surface area (Å²) in [6.45, 7) is 4.35. The third-order valence-corrected chi connectivity index (χ3v) is 5.94. The van der Waals surface area contributed by atoms with Crippen molar-refractivity contribution in [3.63, 3.8) is 0 Å². The Labute approximate surface area is 188 Å². The highest BCUT2D eigenvalue weighted by Gasteiger charge is 2.26. The summed E-state index contributed by atoms with van der Waals surface area (Å²) in [6.07, 6.45) is 1.84. The van der Waals surface area contributed by atoms with Crippen molar-refractivity contribution in [3.05, 3.63) is 65.5 Å². The molecule has 2 rings (SSSR count). The van der Waals surface area contributed by atoms with Crippen molar-refractivity contribution in [2.45, 2.75) is 45.0 Å². The number of ether oxygens (including phenoxy) is 1. The number of unbranched alkanes of at least 4 members (excludes halogenated alkanes) is 1. The zero-order chi connectivity index (χ0) is 22.6. The fourth-order valence-electron chi connectivity index (χ4n) is 2.99. The third-order valence-electron chi connectivity index (χ3n) is 4.95. The number of carbonyl (C=O) groups is 2. The van der Waals surface area contributed by atoms with Crippen LogP contribution in [0.4, 0.5) is 4.39 Å². The van der Waals surface area contributed by atoms with Crippen LogP contribution in [0.1, 0.15) is 37.8 Å². The summed E-state index contributed by atoms with van der Waals surface area (Å²) in [5.41, 5.74) is 1.47. The summed E-state index contributed by atoms with van der Waals surface area (Å²) in [5.74, 6) is 0.833. The van der Waals surface area contributed by atoms with Crippen LogP contribution >= 0.6 is 11.8 Å². The fraction of sp³-hybridized carbons (Fsp3) is 0.417. The van der Waals surface area contributed by atoms with Gasteiger partial charge in [0, 0.05) is 24.4 Å². The van der Waals surface area contributed by atoms with Crippen molar-refractivity contribution in [3.8, 4) is 5.75 Å². The van der Waals surface area contributed by atoms with E-state index in [2.05, 4.69) is 5.32 Å². The van der Waals surface area contributed by atoms with Gasteiger partial charge in [0.2, 0.25) is 11.8 Å². The number of halogens is 1. The molecular weight excluding hydrogens is 415 g/mol. The Morgan fingerprint density at radius 3 is 2.52 bits per heavy atom. The standard InChI is InChI=1S/C24H31FN2O3S/c1-4-5-14-26-24(29)18(2)27(15-20-8-6-7-9-22(20)25)23(28)17-31-16-19-10-12-21(30-3)13-11-19/h6-13,18H,4-5,14-17H2,1-3H3,(H,26,29)/t18-/m1/s1. The van der Waals surface area contributed by atoms with E-state index >= 15 is 0 Å². The molecule has 7 heteroatoms. The molecule has 0 fully saturated rings. The van der Waals surface area contributed by atoms with E-state index in [1.165, 1.54) is 22.7 Å². The molecule has 5 nitrogen and oxygen atoms in total. The Kier molecular flexibility index (Phi) is 10.4. The molecular formula is C24H31FN2O3S. The molecule has 0 aliphatic carbocycles. The van der Waals surface area contributed by atoms with E-state index in [0.717, 1.165) is 24.2 Å². The van der Waals surface area contributed by atoms with Crippen LogP contribution < -0.4 is 10.1 Å². The lowest BCUT2D eigenvalue weighted by Crippen LogP contribution is -2.48. The van der Waals surface area contributed by atoms with Crippen LogP contribution in [0.5, 0.6) is 5.75 Å². The molecule has 31 heavy (non-hydrogen) atoms. The second kappa shape index (κ2) is 13.0. The zero-order valence-corrected chi connectivity index (χ0v) is 19.2. The first-order valence-electron chi connectivity index (χ1n) is 10.5. The summed E-state index contributed by atoms with van der Waals surface area (Å²) in [7, 11) is 1.62. The van der Waals surface area contributed by atoms with Gasteiger partial charge in [-0.1, -0.05) is 43.7 Å². The van der Waals surface area contributed by atoms with E-state index in [0.29, 0.717) is 17.9 Å². The van der Waals surface area contributed by atoms with E-state index in [4.69, 9.17) is 4.74 Å². The molecule has 0 heterocycles. The molecule has 0 unspecified atom stereocenters. The highest BCUT2D eigenvalue weighted by atomic mass is 32.2. The summed E-state index contributed by atoms with van der Waals surface area (Å²) in [6, 6.07) is 13.3. The Hall–Kier alpha value is -2.54. The molecule has 1 atom stereocenters. The second-order valence-corrected chi connectivity index (χ2v) is 8.26. The maximum absolute atomic E-state index is 14.2. The number of hydrogen-bond donors (Lipinski definition) is 1. The quantitative estimate of drug-likeness (QED) is 0.491. The summed E-state index contributed by atoms with van der Waals surface area (Å²) < 4.78 is 19.4. The summed E-state index contributed by atoms with van der Waals surface area (Å²) in [4.78, 5) is 27.0. The lowest BCUT2D eigenvalue weighted by atomic mass is 10.1. The predicted molar refractivity (Wildman–Crippen MR) is 123 cm³/mol. The summed E-state index contributed by atoms with van der Waals surface area (Å²) in [5, 5.41) is 2.87. The zero-order valence-electron chi connectivity index (χ0n) is 18.4. The molecule has 0 bridgehead atoms. The Balaban J connectivity index is 2.03. The van der Waals surface area contributed by atoms with Crippen LogP contribution in [-0.4, -0.2) is 42.2 Å². The van der Waals surface area contributed by atoms with E-state index in [9.17, 15) is 14.0 Å². The number of nitrogens with zero attached hydrogens (tertiary/aromatic N) is 1. The SMILES string of the molecule is CCCCNC(=O)[C@@H](C)N(Cc1ccccc1F)C(=O)CSCc1ccc(OC)cc1. The highest BCUT2D eigenvalue weighted by Crippen LogP contribution is 2.19. The number of rotatable bonds is 12. The van der Waals surface area contributed by atoms with Gasteiger partial charge in [0.15, 0.2) is 0 Å². The first kappa shape index (κ1) is 24.7. The minimum absolute atomic E-state index is 0.0525. The van der Waals surface area contributed by atoms with Crippen LogP contribution in [-0.2, 0) is 21.9 Å². The Morgan fingerprint density at radius 1 is 1.16 bits per heavy atom. The lowest BCUT2D eigenvalue weighted by molar-refractivity contribution is -0.138. The van der Waals surface area contributed by atoms with Crippen molar-refractivity contribution in [1.29, 1.82) is 0 Å². The van der Waals surface area contributed by atoms with Gasteiger partial charge in [-0.2, -0.15) is 0 Å². The number of benzene rings is 2. The van der Waals surface area contributed by atoms with Crippen molar-refractivity contribution in [2.24, 2.45) is 0 Å². The van der Waals surface area contributed by atoms with Crippen LogP contribution in [0.15, 0.2) is 48.5 Å². The Morgan fingerprint density at radius 2 is 1.87 bits per heavy atom.